The number of rotatable bonds is 3. The highest BCUT2D eigenvalue weighted by atomic mass is 16.3. The van der Waals surface area contributed by atoms with E-state index in [1.165, 1.54) is 11.2 Å². The summed E-state index contributed by atoms with van der Waals surface area (Å²) in [6.45, 7) is 4.57. The number of anilines is 2. The van der Waals surface area contributed by atoms with E-state index in [9.17, 15) is 9.90 Å². The number of carbonyl (C=O) groups is 1. The lowest BCUT2D eigenvalue weighted by Gasteiger charge is -2.14. The lowest BCUT2D eigenvalue weighted by atomic mass is 10.0. The highest BCUT2D eigenvalue weighted by Crippen LogP contribution is 2.30. The summed E-state index contributed by atoms with van der Waals surface area (Å²) < 4.78 is 0. The number of aliphatic hydroxyl groups is 1. The van der Waals surface area contributed by atoms with Crippen molar-refractivity contribution in [1.29, 1.82) is 0 Å². The van der Waals surface area contributed by atoms with E-state index in [1.54, 1.807) is 7.05 Å². The molecule has 8 heteroatoms. The van der Waals surface area contributed by atoms with Crippen molar-refractivity contribution in [2.24, 2.45) is 0 Å². The molecule has 8 nitrogen and oxygen atoms in total. The molecule has 31 heavy (non-hydrogen) atoms. The van der Waals surface area contributed by atoms with Crippen LogP contribution in [0.2, 0.25) is 0 Å². The second-order valence-electron chi connectivity index (χ2n) is 7.98. The molecule has 0 bridgehead atoms. The molecule has 3 aromatic rings. The largest absolute Gasteiger partial charge is 0.382 e. The maximum absolute atomic E-state index is 12.2. The Hall–Kier alpha value is -3.70. The van der Waals surface area contributed by atoms with Gasteiger partial charge in [-0.05, 0) is 32.0 Å². The van der Waals surface area contributed by atoms with Crippen LogP contribution in [-0.2, 0) is 4.79 Å². The summed E-state index contributed by atoms with van der Waals surface area (Å²) in [5, 5.41) is 13.9. The number of hydrogen-bond acceptors (Lipinski definition) is 7. The number of carbonyl (C=O) groups excluding carboxylic acids is 1. The van der Waals surface area contributed by atoms with Crippen LogP contribution in [0.3, 0.4) is 0 Å². The van der Waals surface area contributed by atoms with Gasteiger partial charge in [-0.2, -0.15) is 0 Å². The van der Waals surface area contributed by atoms with E-state index in [0.717, 1.165) is 11.3 Å². The van der Waals surface area contributed by atoms with E-state index < -0.39 is 5.60 Å². The Kier molecular flexibility index (Phi) is 5.21. The van der Waals surface area contributed by atoms with Gasteiger partial charge in [0.2, 0.25) is 5.60 Å². The molecular formula is C23H24N6O2. The van der Waals surface area contributed by atoms with Gasteiger partial charge < -0.3 is 21.1 Å². The van der Waals surface area contributed by atoms with Gasteiger partial charge in [0.1, 0.15) is 17.4 Å². The van der Waals surface area contributed by atoms with Crippen molar-refractivity contribution in [2.45, 2.75) is 31.9 Å². The van der Waals surface area contributed by atoms with Crippen LogP contribution >= 0.6 is 0 Å². The van der Waals surface area contributed by atoms with Crippen molar-refractivity contribution in [3.63, 3.8) is 0 Å². The number of aromatic nitrogens is 3. The third-order valence-corrected chi connectivity index (χ3v) is 5.14. The van der Waals surface area contributed by atoms with Crippen LogP contribution in [0.5, 0.6) is 0 Å². The quantitative estimate of drug-likeness (QED) is 0.559. The molecule has 0 saturated carbocycles. The Balaban J connectivity index is 1.76. The number of fused-ring (bicyclic) bond motifs is 1. The van der Waals surface area contributed by atoms with Gasteiger partial charge >= 0.3 is 0 Å². The minimum Gasteiger partial charge on any atom is -0.382 e. The van der Waals surface area contributed by atoms with Gasteiger partial charge in [0.25, 0.3) is 5.91 Å². The fourth-order valence-electron chi connectivity index (χ4n) is 3.53. The number of nitrogens with one attached hydrogen (secondary N) is 1. The Morgan fingerprint density at radius 3 is 2.77 bits per heavy atom. The third-order valence-electron chi connectivity index (χ3n) is 5.14. The minimum absolute atomic E-state index is 0.190. The zero-order chi connectivity index (χ0) is 22.2. The van der Waals surface area contributed by atoms with Gasteiger partial charge in [-0.15, -0.1) is 0 Å². The van der Waals surface area contributed by atoms with Crippen molar-refractivity contribution >= 4 is 28.4 Å². The zero-order valence-electron chi connectivity index (χ0n) is 17.7. The second-order valence-corrected chi connectivity index (χ2v) is 7.98. The predicted molar refractivity (Wildman–Crippen MR) is 120 cm³/mol. The highest BCUT2D eigenvalue weighted by molar-refractivity contribution is 5.95. The molecule has 1 amide bonds. The molecular weight excluding hydrogens is 392 g/mol. The summed E-state index contributed by atoms with van der Waals surface area (Å²) in [6, 6.07) is 9.58. The van der Waals surface area contributed by atoms with Crippen molar-refractivity contribution in [3.8, 4) is 23.1 Å². The number of likely N-dealkylation sites (tertiary alicyclic amines) is 1. The molecule has 2 aromatic heterocycles. The van der Waals surface area contributed by atoms with Crippen LogP contribution in [0.15, 0.2) is 36.7 Å². The first kappa shape index (κ1) is 20.6. The average Bonchev–Trinajstić information content (AvgIpc) is 3.00. The van der Waals surface area contributed by atoms with E-state index >= 15 is 0 Å². The van der Waals surface area contributed by atoms with Crippen molar-refractivity contribution in [2.75, 3.05) is 24.6 Å². The molecule has 1 unspecified atom stereocenters. The fourth-order valence-corrected chi connectivity index (χ4v) is 3.53. The number of nitrogens with zero attached hydrogens (tertiary/aromatic N) is 4. The van der Waals surface area contributed by atoms with Crippen molar-refractivity contribution in [3.05, 3.63) is 42.2 Å². The summed E-state index contributed by atoms with van der Waals surface area (Å²) in [4.78, 5) is 26.7. The maximum atomic E-state index is 12.2. The molecule has 1 aliphatic rings. The molecule has 1 fully saturated rings. The SMILES string of the molecule is CC(C)Nc1cc(-c2cccc(C#CC3(O)CCN(C)C3=O)c2)nc2c(N)ncnc12. The Labute approximate surface area is 180 Å². The smallest absolute Gasteiger partial charge is 0.267 e. The average molecular weight is 416 g/mol. The van der Waals surface area contributed by atoms with Crippen LogP contribution in [0.1, 0.15) is 25.8 Å². The molecule has 1 atom stereocenters. The molecule has 0 aliphatic carbocycles. The Morgan fingerprint density at radius 1 is 1.26 bits per heavy atom. The van der Waals surface area contributed by atoms with Crippen LogP contribution < -0.4 is 11.1 Å². The van der Waals surface area contributed by atoms with Gasteiger partial charge in [-0.3, -0.25) is 4.79 Å². The Bertz CT molecular complexity index is 1230. The van der Waals surface area contributed by atoms with Gasteiger partial charge in [0.15, 0.2) is 5.82 Å². The van der Waals surface area contributed by atoms with Gasteiger partial charge in [-0.25, -0.2) is 15.0 Å². The number of benzene rings is 1. The van der Waals surface area contributed by atoms with E-state index in [1.807, 2.05) is 44.2 Å². The summed E-state index contributed by atoms with van der Waals surface area (Å²) in [5.74, 6) is 5.63. The fraction of sp³-hybridized carbons (Fsp3) is 0.304. The van der Waals surface area contributed by atoms with E-state index in [0.29, 0.717) is 41.1 Å². The van der Waals surface area contributed by atoms with Crippen LogP contribution in [0.4, 0.5) is 11.5 Å². The molecule has 4 rings (SSSR count). The lowest BCUT2D eigenvalue weighted by molar-refractivity contribution is -0.137. The molecule has 1 aromatic carbocycles. The van der Waals surface area contributed by atoms with Gasteiger partial charge in [0, 0.05) is 37.2 Å². The number of amides is 1. The first-order valence-corrected chi connectivity index (χ1v) is 10.1. The first-order chi connectivity index (χ1) is 14.8. The Morgan fingerprint density at radius 2 is 2.06 bits per heavy atom. The van der Waals surface area contributed by atoms with Gasteiger partial charge in [0.05, 0.1) is 11.4 Å². The van der Waals surface area contributed by atoms with E-state index in [-0.39, 0.29) is 11.9 Å². The maximum Gasteiger partial charge on any atom is 0.267 e. The van der Waals surface area contributed by atoms with Crippen LogP contribution in [0.25, 0.3) is 22.3 Å². The number of nitrogens with two attached hydrogens (primary N) is 1. The normalized spacial score (nSPS) is 18.4. The standard InChI is InChI=1S/C23H24N6O2/c1-14(2)27-18-12-17(28-20-19(18)25-13-26-21(20)24)16-6-4-5-15(11-16)7-8-23(31)9-10-29(3)22(23)30/h4-6,11-14,31H,9-10H2,1-3H3,(H,27,28)(H2,24,25,26). The molecule has 158 valence electrons. The summed E-state index contributed by atoms with van der Waals surface area (Å²) in [7, 11) is 1.66. The molecule has 3 heterocycles. The van der Waals surface area contributed by atoms with E-state index in [2.05, 4.69) is 32.1 Å². The second kappa shape index (κ2) is 7.85. The number of hydrogen-bond donors (Lipinski definition) is 3. The molecule has 4 N–H and O–H groups in total. The van der Waals surface area contributed by atoms with E-state index in [4.69, 9.17) is 5.73 Å². The predicted octanol–water partition coefficient (Wildman–Crippen LogP) is 2.04. The van der Waals surface area contributed by atoms with Crippen molar-refractivity contribution in [1.82, 2.24) is 19.9 Å². The summed E-state index contributed by atoms with van der Waals surface area (Å²) in [6.07, 6.45) is 1.72. The van der Waals surface area contributed by atoms with Crippen molar-refractivity contribution < 1.29 is 9.90 Å². The topological polar surface area (TPSA) is 117 Å². The monoisotopic (exact) mass is 416 g/mol. The summed E-state index contributed by atoms with van der Waals surface area (Å²) >= 11 is 0. The molecule has 1 aliphatic heterocycles. The number of pyridine rings is 1. The molecule has 0 radical (unpaired) electrons. The minimum atomic E-state index is -1.63. The molecule has 0 spiro atoms. The lowest BCUT2D eigenvalue weighted by Crippen LogP contribution is -2.37. The van der Waals surface area contributed by atoms with Gasteiger partial charge in [-0.1, -0.05) is 24.0 Å². The number of nitrogen functional groups attached to an aromatic ring is 1. The highest BCUT2D eigenvalue weighted by Gasteiger charge is 2.42. The number of likely N-dealkylation sites (N-methyl/N-ethyl adjacent to an activating group) is 1. The first-order valence-electron chi connectivity index (χ1n) is 10.1. The zero-order valence-corrected chi connectivity index (χ0v) is 17.7. The third kappa shape index (κ3) is 4.00. The van der Waals surface area contributed by atoms with Crippen LogP contribution in [-0.4, -0.2) is 56.1 Å². The summed E-state index contributed by atoms with van der Waals surface area (Å²) in [5.41, 5.74) is 8.61. The molecule has 1 saturated heterocycles. The van der Waals surface area contributed by atoms with Crippen LogP contribution in [0, 0.1) is 11.8 Å².